The van der Waals surface area contributed by atoms with E-state index < -0.39 is 22.1 Å². The van der Waals surface area contributed by atoms with Crippen LogP contribution in [0.15, 0.2) is 72.8 Å². The van der Waals surface area contributed by atoms with Gasteiger partial charge in [0.15, 0.2) is 0 Å². The van der Waals surface area contributed by atoms with Gasteiger partial charge in [0, 0.05) is 5.92 Å². The Morgan fingerprint density at radius 2 is 1.48 bits per heavy atom. The molecule has 2 bridgehead atoms. The third-order valence-corrected chi connectivity index (χ3v) is 8.50. The number of para-hydroxylation sites is 1. The van der Waals surface area contributed by atoms with Crippen LogP contribution in [0.4, 0.5) is 5.69 Å². The van der Waals surface area contributed by atoms with Crippen molar-refractivity contribution in [3.05, 3.63) is 101 Å². The van der Waals surface area contributed by atoms with Crippen molar-refractivity contribution in [2.45, 2.75) is 17.2 Å². The molecule has 0 saturated carbocycles. The Kier molecular flexibility index (Phi) is 4.40. The molecule has 2 atom stereocenters. The first kappa shape index (κ1) is 20.4. The van der Waals surface area contributed by atoms with Gasteiger partial charge in [-0.15, -0.1) is 0 Å². The molecule has 1 heterocycles. The zero-order chi connectivity index (χ0) is 22.9. The molecule has 5 nitrogen and oxygen atoms in total. The van der Waals surface area contributed by atoms with E-state index in [1.807, 2.05) is 36.4 Å². The topological polar surface area (TPSA) is 63.7 Å². The monoisotopic (exact) mass is 501 g/mol. The van der Waals surface area contributed by atoms with Crippen molar-refractivity contribution in [1.29, 1.82) is 0 Å². The number of rotatable bonds is 3. The molecule has 0 spiro atoms. The minimum atomic E-state index is -0.819. The largest absolute Gasteiger partial charge is 0.462 e. The first-order chi connectivity index (χ1) is 16.0. The van der Waals surface area contributed by atoms with E-state index in [4.69, 9.17) is 4.74 Å². The lowest BCUT2D eigenvalue weighted by Crippen LogP contribution is -2.50. The molecule has 1 aliphatic heterocycles. The van der Waals surface area contributed by atoms with E-state index in [2.05, 4.69) is 28.1 Å². The lowest BCUT2D eigenvalue weighted by molar-refractivity contribution is -0.122. The fraction of sp³-hybridized carbons (Fsp3) is 0.222. The van der Waals surface area contributed by atoms with Crippen molar-refractivity contribution in [2.75, 3.05) is 11.5 Å². The molecule has 164 valence electrons. The molecule has 33 heavy (non-hydrogen) atoms. The Hall–Kier alpha value is -3.25. The Labute approximate surface area is 199 Å². The Morgan fingerprint density at radius 1 is 0.909 bits per heavy atom. The second-order valence-electron chi connectivity index (χ2n) is 8.62. The summed E-state index contributed by atoms with van der Waals surface area (Å²) in [6, 6.07) is 22.7. The maximum atomic E-state index is 14.0. The van der Waals surface area contributed by atoms with E-state index in [0.29, 0.717) is 0 Å². The molecule has 3 aliphatic carbocycles. The highest BCUT2D eigenvalue weighted by Crippen LogP contribution is 2.66. The molecule has 4 aliphatic rings. The molecule has 0 N–H and O–H groups in total. The molecular weight excluding hydrogens is 482 g/mol. The van der Waals surface area contributed by atoms with E-state index in [1.54, 1.807) is 31.2 Å². The minimum Gasteiger partial charge on any atom is -0.462 e. The standard InChI is InChI=1S/C27H20BrNO4/c1-2-33-26(32)17-11-5-8-14-20(17)29-24(30)22-21-15-9-3-6-12-18(15)27(28,23(22)25(29)31)19-13-7-4-10-16(19)21/h3-14,21-23H,2H2,1H3/t21?,22-,23-,27?/m0/s1. The average molecular weight is 502 g/mol. The maximum absolute atomic E-state index is 14.0. The summed E-state index contributed by atoms with van der Waals surface area (Å²) in [7, 11) is 0. The van der Waals surface area contributed by atoms with Crippen LogP contribution in [0.5, 0.6) is 0 Å². The Balaban J connectivity index is 1.56. The van der Waals surface area contributed by atoms with Gasteiger partial charge in [-0.25, -0.2) is 9.69 Å². The van der Waals surface area contributed by atoms with Gasteiger partial charge in [0.05, 0.1) is 34.0 Å². The molecule has 1 saturated heterocycles. The third-order valence-electron chi connectivity index (χ3n) is 7.15. The number of amides is 2. The number of hydrogen-bond donors (Lipinski definition) is 0. The van der Waals surface area contributed by atoms with Crippen molar-refractivity contribution >= 4 is 39.4 Å². The normalized spacial score (nSPS) is 26.6. The molecule has 3 aromatic carbocycles. The molecule has 1 fully saturated rings. The van der Waals surface area contributed by atoms with Crippen LogP contribution < -0.4 is 4.90 Å². The first-order valence-corrected chi connectivity index (χ1v) is 11.8. The lowest BCUT2D eigenvalue weighted by Gasteiger charge is -2.51. The summed E-state index contributed by atoms with van der Waals surface area (Å²) in [4.78, 5) is 41.8. The Morgan fingerprint density at radius 3 is 2.12 bits per heavy atom. The van der Waals surface area contributed by atoms with E-state index in [9.17, 15) is 14.4 Å². The van der Waals surface area contributed by atoms with Gasteiger partial charge in [-0.3, -0.25) is 9.59 Å². The average Bonchev–Trinajstić information content (AvgIpc) is 3.11. The highest BCUT2D eigenvalue weighted by Gasteiger charge is 2.67. The van der Waals surface area contributed by atoms with Crippen LogP contribution in [0, 0.1) is 11.8 Å². The fourth-order valence-corrected chi connectivity index (χ4v) is 7.17. The molecule has 6 heteroatoms. The van der Waals surface area contributed by atoms with E-state index in [0.717, 1.165) is 22.3 Å². The number of benzene rings is 3. The summed E-state index contributed by atoms with van der Waals surface area (Å²) in [5.41, 5.74) is 4.68. The van der Waals surface area contributed by atoms with Crippen molar-refractivity contribution in [3.8, 4) is 0 Å². The summed E-state index contributed by atoms with van der Waals surface area (Å²) in [6.07, 6.45) is 0. The molecule has 0 radical (unpaired) electrons. The van der Waals surface area contributed by atoms with Crippen LogP contribution in [0.2, 0.25) is 0 Å². The number of halogens is 1. The van der Waals surface area contributed by atoms with E-state index in [1.165, 1.54) is 4.90 Å². The quantitative estimate of drug-likeness (QED) is 0.294. The van der Waals surface area contributed by atoms with Gasteiger partial charge < -0.3 is 4.74 Å². The van der Waals surface area contributed by atoms with Gasteiger partial charge in [0.2, 0.25) is 11.8 Å². The molecule has 7 rings (SSSR count). The fourth-order valence-electron chi connectivity index (χ4n) is 5.97. The smallest absolute Gasteiger partial charge is 0.340 e. The van der Waals surface area contributed by atoms with Crippen molar-refractivity contribution in [2.24, 2.45) is 11.8 Å². The molecule has 0 aromatic heterocycles. The van der Waals surface area contributed by atoms with Gasteiger partial charge >= 0.3 is 5.97 Å². The van der Waals surface area contributed by atoms with Gasteiger partial charge in [0.1, 0.15) is 0 Å². The third kappa shape index (κ3) is 2.50. The summed E-state index contributed by atoms with van der Waals surface area (Å²) >= 11 is 3.99. The van der Waals surface area contributed by atoms with Crippen LogP contribution in [0.25, 0.3) is 0 Å². The number of hydrogen-bond acceptors (Lipinski definition) is 4. The second-order valence-corrected chi connectivity index (χ2v) is 9.87. The molecule has 3 aromatic rings. The summed E-state index contributed by atoms with van der Waals surface area (Å²) < 4.78 is 4.38. The number of carbonyl (C=O) groups is 3. The Bertz CT molecular complexity index is 1300. The predicted octanol–water partition coefficient (Wildman–Crippen LogP) is 4.77. The van der Waals surface area contributed by atoms with Crippen LogP contribution in [-0.4, -0.2) is 24.4 Å². The van der Waals surface area contributed by atoms with Gasteiger partial charge in [-0.2, -0.15) is 0 Å². The zero-order valence-electron chi connectivity index (χ0n) is 17.8. The molecular formula is C27H20BrNO4. The van der Waals surface area contributed by atoms with Crippen molar-refractivity contribution in [1.82, 2.24) is 0 Å². The maximum Gasteiger partial charge on any atom is 0.340 e. The highest BCUT2D eigenvalue weighted by atomic mass is 79.9. The lowest BCUT2D eigenvalue weighted by atomic mass is 9.55. The van der Waals surface area contributed by atoms with Gasteiger partial charge in [0.25, 0.3) is 0 Å². The van der Waals surface area contributed by atoms with Crippen LogP contribution in [0.1, 0.15) is 45.5 Å². The van der Waals surface area contributed by atoms with Crippen LogP contribution in [-0.2, 0) is 18.7 Å². The van der Waals surface area contributed by atoms with Gasteiger partial charge in [-0.1, -0.05) is 76.6 Å². The first-order valence-electron chi connectivity index (χ1n) is 11.0. The highest BCUT2D eigenvalue weighted by molar-refractivity contribution is 9.09. The minimum absolute atomic E-state index is 0.206. The van der Waals surface area contributed by atoms with Crippen LogP contribution in [0.3, 0.4) is 0 Å². The van der Waals surface area contributed by atoms with Crippen molar-refractivity contribution in [3.63, 3.8) is 0 Å². The van der Waals surface area contributed by atoms with Crippen LogP contribution >= 0.6 is 15.9 Å². The molecule has 0 unspecified atom stereocenters. The number of imide groups is 1. The SMILES string of the molecule is CCOC(=O)c1ccccc1N1C(=O)[C@@H]2[C@@H](C1=O)C1c3ccccc3C2(Br)c2ccccc21. The van der Waals surface area contributed by atoms with Crippen molar-refractivity contribution < 1.29 is 19.1 Å². The van der Waals surface area contributed by atoms with Gasteiger partial charge in [-0.05, 0) is 41.3 Å². The number of esters is 1. The second kappa shape index (κ2) is 7.12. The predicted molar refractivity (Wildman–Crippen MR) is 126 cm³/mol. The number of anilines is 1. The zero-order valence-corrected chi connectivity index (χ0v) is 19.4. The summed E-state index contributed by atoms with van der Waals surface area (Å²) in [5.74, 6) is -2.52. The summed E-state index contributed by atoms with van der Waals surface area (Å²) in [5, 5.41) is 0. The van der Waals surface area contributed by atoms with E-state index >= 15 is 0 Å². The van der Waals surface area contributed by atoms with E-state index in [-0.39, 0.29) is 35.6 Å². The number of ether oxygens (including phenoxy) is 1. The number of carbonyl (C=O) groups excluding carboxylic acids is 3. The molecule has 2 amide bonds. The number of alkyl halides is 1. The number of nitrogens with zero attached hydrogens (tertiary/aromatic N) is 1. The summed E-state index contributed by atoms with van der Waals surface area (Å²) in [6.45, 7) is 1.93.